The molecule has 0 spiro atoms. The number of nitrogens with zero attached hydrogens (tertiary/aromatic N) is 1. The van der Waals surface area contributed by atoms with Crippen molar-refractivity contribution in [1.29, 1.82) is 0 Å². The van der Waals surface area contributed by atoms with Crippen molar-refractivity contribution >= 4 is 40.1 Å². The lowest BCUT2D eigenvalue weighted by Crippen LogP contribution is -2.42. The summed E-state index contributed by atoms with van der Waals surface area (Å²) in [6.45, 7) is 1.89. The van der Waals surface area contributed by atoms with Crippen molar-refractivity contribution in [1.82, 2.24) is 9.88 Å². The highest BCUT2D eigenvalue weighted by molar-refractivity contribution is 6.45. The second-order valence-corrected chi connectivity index (χ2v) is 8.28. The van der Waals surface area contributed by atoms with Gasteiger partial charge in [-0.15, -0.1) is 0 Å². The summed E-state index contributed by atoms with van der Waals surface area (Å²) in [4.78, 5) is 10.9. The van der Waals surface area contributed by atoms with Crippen LogP contribution in [-0.4, -0.2) is 28.9 Å². The maximum absolute atomic E-state index is 10.9. The second kappa shape index (κ2) is 8.00. The lowest BCUT2D eigenvalue weighted by Gasteiger charge is -2.30. The SMILES string of the molecule is Cn1c(CN[C@@]2(c3ccc(CC(=O)O)cc3)CCOC2)cc2c(Cl)c(Cl)ccc21. The molecule has 1 aromatic heterocycles. The Bertz CT molecular complexity index is 1050. The number of nitrogens with one attached hydrogen (secondary N) is 1. The molecule has 0 unspecified atom stereocenters. The zero-order chi connectivity index (χ0) is 20.6. The fourth-order valence-electron chi connectivity index (χ4n) is 3.98. The van der Waals surface area contributed by atoms with Crippen LogP contribution in [0.3, 0.4) is 0 Å². The lowest BCUT2D eigenvalue weighted by atomic mass is 9.88. The maximum Gasteiger partial charge on any atom is 0.307 e. The molecule has 7 heteroatoms. The van der Waals surface area contributed by atoms with Gasteiger partial charge in [-0.05, 0) is 35.7 Å². The van der Waals surface area contributed by atoms with E-state index < -0.39 is 5.97 Å². The molecule has 0 bridgehead atoms. The van der Waals surface area contributed by atoms with Crippen LogP contribution in [0.25, 0.3) is 10.9 Å². The average molecular weight is 433 g/mol. The van der Waals surface area contributed by atoms with Gasteiger partial charge < -0.3 is 14.4 Å². The number of carbonyl (C=O) groups is 1. The third-order valence-corrected chi connectivity index (χ3v) is 6.52. The van der Waals surface area contributed by atoms with Gasteiger partial charge in [-0.25, -0.2) is 0 Å². The molecule has 1 saturated heterocycles. The minimum Gasteiger partial charge on any atom is -0.481 e. The van der Waals surface area contributed by atoms with Gasteiger partial charge in [0, 0.05) is 36.8 Å². The van der Waals surface area contributed by atoms with Crippen LogP contribution in [0, 0.1) is 0 Å². The highest BCUT2D eigenvalue weighted by Crippen LogP contribution is 2.34. The van der Waals surface area contributed by atoms with E-state index in [9.17, 15) is 4.79 Å². The number of hydrogen-bond acceptors (Lipinski definition) is 3. The van der Waals surface area contributed by atoms with Crippen molar-refractivity contribution in [2.45, 2.75) is 24.9 Å². The minimum absolute atomic E-state index is 0.0243. The van der Waals surface area contributed by atoms with Gasteiger partial charge in [-0.1, -0.05) is 47.5 Å². The number of fused-ring (bicyclic) bond motifs is 1. The van der Waals surface area contributed by atoms with E-state index in [-0.39, 0.29) is 12.0 Å². The van der Waals surface area contributed by atoms with E-state index in [2.05, 4.69) is 16.0 Å². The van der Waals surface area contributed by atoms with Crippen molar-refractivity contribution in [3.8, 4) is 0 Å². The predicted molar refractivity (Wildman–Crippen MR) is 115 cm³/mol. The smallest absolute Gasteiger partial charge is 0.307 e. The number of rotatable bonds is 6. The molecule has 29 heavy (non-hydrogen) atoms. The van der Waals surface area contributed by atoms with Crippen LogP contribution in [0.2, 0.25) is 10.0 Å². The monoisotopic (exact) mass is 432 g/mol. The number of halogens is 2. The molecule has 2 heterocycles. The highest BCUT2D eigenvalue weighted by atomic mass is 35.5. The van der Waals surface area contributed by atoms with Gasteiger partial charge in [0.1, 0.15) is 0 Å². The molecule has 3 aromatic rings. The van der Waals surface area contributed by atoms with E-state index in [0.29, 0.717) is 29.8 Å². The predicted octanol–water partition coefficient (Wildman–Crippen LogP) is 4.52. The molecule has 0 aliphatic carbocycles. The Balaban J connectivity index is 1.59. The fraction of sp³-hybridized carbons (Fsp3) is 0.318. The van der Waals surface area contributed by atoms with Gasteiger partial charge in [0.2, 0.25) is 0 Å². The summed E-state index contributed by atoms with van der Waals surface area (Å²) in [5.41, 5.74) is 3.71. The summed E-state index contributed by atoms with van der Waals surface area (Å²) in [5, 5.41) is 14.7. The molecule has 4 rings (SSSR count). The summed E-state index contributed by atoms with van der Waals surface area (Å²) < 4.78 is 7.84. The van der Waals surface area contributed by atoms with E-state index >= 15 is 0 Å². The zero-order valence-corrected chi connectivity index (χ0v) is 17.6. The third-order valence-electron chi connectivity index (χ3n) is 5.70. The number of aryl methyl sites for hydroxylation is 1. The Morgan fingerprint density at radius 3 is 2.66 bits per heavy atom. The average Bonchev–Trinajstić information content (AvgIpc) is 3.29. The van der Waals surface area contributed by atoms with E-state index in [1.165, 1.54) is 0 Å². The van der Waals surface area contributed by atoms with Crippen molar-refractivity contribution in [3.05, 3.63) is 69.3 Å². The summed E-state index contributed by atoms with van der Waals surface area (Å²) in [7, 11) is 2.02. The number of benzene rings is 2. The van der Waals surface area contributed by atoms with Gasteiger partial charge in [0.25, 0.3) is 0 Å². The molecular formula is C22H22Cl2N2O3. The molecule has 0 radical (unpaired) electrons. The molecule has 2 N–H and O–H groups in total. The van der Waals surface area contributed by atoms with Crippen LogP contribution in [-0.2, 0) is 35.1 Å². The molecule has 1 aliphatic heterocycles. The van der Waals surface area contributed by atoms with Crippen LogP contribution >= 0.6 is 23.2 Å². The van der Waals surface area contributed by atoms with Crippen molar-refractivity contribution in [2.24, 2.45) is 7.05 Å². The number of carboxylic acids is 1. The van der Waals surface area contributed by atoms with E-state index in [1.54, 1.807) is 0 Å². The van der Waals surface area contributed by atoms with E-state index in [0.717, 1.165) is 34.1 Å². The number of aromatic nitrogens is 1. The number of aliphatic carboxylic acids is 1. The summed E-state index contributed by atoms with van der Waals surface area (Å²) in [5.74, 6) is -0.829. The molecule has 5 nitrogen and oxygen atoms in total. The van der Waals surface area contributed by atoms with Gasteiger partial charge in [0.05, 0.1) is 28.6 Å². The minimum atomic E-state index is -0.829. The molecule has 0 saturated carbocycles. The molecule has 2 aromatic carbocycles. The van der Waals surface area contributed by atoms with E-state index in [4.69, 9.17) is 33.0 Å². The molecule has 1 atom stereocenters. The number of ether oxygens (including phenoxy) is 1. The van der Waals surface area contributed by atoms with Crippen LogP contribution in [0.4, 0.5) is 0 Å². The summed E-state index contributed by atoms with van der Waals surface area (Å²) in [6.07, 6.45) is 0.873. The molecule has 0 amide bonds. The maximum atomic E-state index is 10.9. The van der Waals surface area contributed by atoms with Crippen molar-refractivity contribution in [3.63, 3.8) is 0 Å². The summed E-state index contributed by atoms with van der Waals surface area (Å²) in [6, 6.07) is 13.6. The first-order valence-corrected chi connectivity index (χ1v) is 10.2. The van der Waals surface area contributed by atoms with Gasteiger partial charge in [0.15, 0.2) is 0 Å². The Morgan fingerprint density at radius 2 is 2.00 bits per heavy atom. The zero-order valence-electron chi connectivity index (χ0n) is 16.0. The third kappa shape index (κ3) is 3.88. The van der Waals surface area contributed by atoms with Crippen molar-refractivity contribution < 1.29 is 14.6 Å². The Labute approximate surface area is 179 Å². The Hall–Kier alpha value is -2.05. The van der Waals surface area contributed by atoms with Crippen LogP contribution < -0.4 is 5.32 Å². The largest absolute Gasteiger partial charge is 0.481 e. The Morgan fingerprint density at radius 1 is 1.24 bits per heavy atom. The van der Waals surface area contributed by atoms with Gasteiger partial charge in [-0.2, -0.15) is 0 Å². The first-order chi connectivity index (χ1) is 13.9. The quantitative estimate of drug-likeness (QED) is 0.600. The number of hydrogen-bond donors (Lipinski definition) is 2. The lowest BCUT2D eigenvalue weighted by molar-refractivity contribution is -0.136. The Kier molecular flexibility index (Phi) is 5.58. The highest BCUT2D eigenvalue weighted by Gasteiger charge is 2.36. The van der Waals surface area contributed by atoms with Gasteiger partial charge in [-0.3, -0.25) is 10.1 Å². The molecule has 152 valence electrons. The van der Waals surface area contributed by atoms with Crippen molar-refractivity contribution in [2.75, 3.05) is 13.2 Å². The fourth-order valence-corrected chi connectivity index (χ4v) is 4.36. The van der Waals surface area contributed by atoms with Gasteiger partial charge >= 0.3 is 5.97 Å². The second-order valence-electron chi connectivity index (χ2n) is 7.49. The molecular weight excluding hydrogens is 411 g/mol. The van der Waals surface area contributed by atoms with Crippen LogP contribution in [0.1, 0.15) is 23.2 Å². The summed E-state index contributed by atoms with van der Waals surface area (Å²) >= 11 is 12.6. The van der Waals surface area contributed by atoms with E-state index in [1.807, 2.05) is 43.4 Å². The normalized spacial score (nSPS) is 19.1. The van der Waals surface area contributed by atoms with Crippen LogP contribution in [0.5, 0.6) is 0 Å². The number of carboxylic acid groups (broad SMARTS) is 1. The molecule has 1 fully saturated rings. The van der Waals surface area contributed by atoms with Crippen LogP contribution in [0.15, 0.2) is 42.5 Å². The topological polar surface area (TPSA) is 63.5 Å². The first kappa shape index (κ1) is 20.2. The first-order valence-electron chi connectivity index (χ1n) is 9.46. The standard InChI is InChI=1S/C22H22Cl2N2O3/c1-26-16(11-17-19(26)7-6-18(23)21(17)24)12-25-22(8-9-29-13-22)15-4-2-14(3-5-15)10-20(27)28/h2-7,11,25H,8-10,12-13H2,1H3,(H,27,28)/t22-/m0/s1. The molecule has 1 aliphatic rings.